The molecule has 2 unspecified atom stereocenters. The minimum atomic E-state index is -2.51. The molecule has 0 saturated heterocycles. The largest absolute Gasteiger partial charge is 0.488 e. The van der Waals surface area contributed by atoms with Crippen LogP contribution in [0.1, 0.15) is 32.6 Å². The molecule has 4 nitrogen and oxygen atoms in total. The van der Waals surface area contributed by atoms with Gasteiger partial charge in [0.2, 0.25) is 5.91 Å². The van der Waals surface area contributed by atoms with Gasteiger partial charge in [-0.3, -0.25) is 4.79 Å². The molecule has 1 fully saturated rings. The van der Waals surface area contributed by atoms with Crippen molar-refractivity contribution < 1.29 is 18.3 Å². The van der Waals surface area contributed by atoms with Crippen molar-refractivity contribution in [1.82, 2.24) is 0 Å². The van der Waals surface area contributed by atoms with E-state index in [4.69, 9.17) is 10.5 Å². The van der Waals surface area contributed by atoms with Crippen LogP contribution in [0.3, 0.4) is 0 Å². The predicted molar refractivity (Wildman–Crippen MR) is 81.1 cm³/mol. The number of rotatable bonds is 5. The molecule has 1 aromatic rings. The Morgan fingerprint density at radius 1 is 1.41 bits per heavy atom. The Balaban J connectivity index is 1.94. The van der Waals surface area contributed by atoms with E-state index in [1.807, 2.05) is 6.92 Å². The van der Waals surface area contributed by atoms with Gasteiger partial charge in [0.1, 0.15) is 12.4 Å². The van der Waals surface area contributed by atoms with E-state index < -0.39 is 18.6 Å². The molecule has 2 atom stereocenters. The number of nitrogens with two attached hydrogens (primary N) is 1. The molecule has 1 saturated carbocycles. The van der Waals surface area contributed by atoms with Crippen molar-refractivity contribution in [2.24, 2.45) is 11.7 Å². The van der Waals surface area contributed by atoms with Gasteiger partial charge < -0.3 is 15.8 Å². The van der Waals surface area contributed by atoms with Gasteiger partial charge in [-0.05, 0) is 44.0 Å². The minimum absolute atomic E-state index is 0.0917. The summed E-state index contributed by atoms with van der Waals surface area (Å²) >= 11 is 0. The first kappa shape index (κ1) is 16.7. The summed E-state index contributed by atoms with van der Waals surface area (Å²) < 4.78 is 29.0. The molecule has 122 valence electrons. The molecule has 0 bridgehead atoms. The fraction of sp³-hybridized carbons (Fsp3) is 0.562. The normalized spacial score (nSPS) is 25.0. The van der Waals surface area contributed by atoms with Gasteiger partial charge in [-0.25, -0.2) is 8.78 Å². The zero-order valence-electron chi connectivity index (χ0n) is 12.6. The SMILES string of the molecule is CC1(N)CCCCC1C(=O)Nc1ccc(OCC(F)F)cc1. The molecule has 0 radical (unpaired) electrons. The van der Waals surface area contributed by atoms with Crippen molar-refractivity contribution in [3.63, 3.8) is 0 Å². The third kappa shape index (κ3) is 4.40. The Morgan fingerprint density at radius 3 is 2.68 bits per heavy atom. The molecule has 0 spiro atoms. The Bertz CT molecular complexity index is 503. The van der Waals surface area contributed by atoms with Crippen molar-refractivity contribution in [3.05, 3.63) is 24.3 Å². The number of carbonyl (C=O) groups excluding carboxylic acids is 1. The first-order valence-corrected chi connectivity index (χ1v) is 7.49. The van der Waals surface area contributed by atoms with Crippen LogP contribution < -0.4 is 15.8 Å². The molecule has 3 N–H and O–H groups in total. The Morgan fingerprint density at radius 2 is 2.09 bits per heavy atom. The quantitative estimate of drug-likeness (QED) is 0.877. The highest BCUT2D eigenvalue weighted by molar-refractivity contribution is 5.93. The van der Waals surface area contributed by atoms with Crippen LogP contribution >= 0.6 is 0 Å². The van der Waals surface area contributed by atoms with Gasteiger partial charge in [-0.2, -0.15) is 0 Å². The molecule has 1 aromatic carbocycles. The van der Waals surface area contributed by atoms with Crippen molar-refractivity contribution in [2.75, 3.05) is 11.9 Å². The number of anilines is 1. The summed E-state index contributed by atoms with van der Waals surface area (Å²) in [5.74, 6) is 0.0431. The average molecular weight is 312 g/mol. The third-order valence-electron chi connectivity index (χ3n) is 4.07. The second kappa shape index (κ2) is 7.05. The molecule has 1 aliphatic carbocycles. The van der Waals surface area contributed by atoms with Crippen LogP contribution in [0.4, 0.5) is 14.5 Å². The molecule has 22 heavy (non-hydrogen) atoms. The predicted octanol–water partition coefficient (Wildman–Crippen LogP) is 3.18. The summed E-state index contributed by atoms with van der Waals surface area (Å²) in [4.78, 5) is 12.4. The summed E-state index contributed by atoms with van der Waals surface area (Å²) in [5, 5.41) is 2.84. The van der Waals surface area contributed by atoms with Gasteiger partial charge in [0.15, 0.2) is 0 Å². The lowest BCUT2D eigenvalue weighted by molar-refractivity contribution is -0.122. The van der Waals surface area contributed by atoms with E-state index in [2.05, 4.69) is 5.32 Å². The fourth-order valence-corrected chi connectivity index (χ4v) is 2.81. The van der Waals surface area contributed by atoms with Gasteiger partial charge in [0, 0.05) is 11.2 Å². The number of alkyl halides is 2. The number of hydrogen-bond acceptors (Lipinski definition) is 3. The molecule has 0 aliphatic heterocycles. The maximum absolute atomic E-state index is 12.4. The molecular formula is C16H22F2N2O2. The van der Waals surface area contributed by atoms with Crippen LogP contribution in [-0.4, -0.2) is 24.5 Å². The van der Waals surface area contributed by atoms with Crippen molar-refractivity contribution >= 4 is 11.6 Å². The number of halogens is 2. The summed E-state index contributed by atoms with van der Waals surface area (Å²) in [7, 11) is 0. The maximum Gasteiger partial charge on any atom is 0.272 e. The second-order valence-electron chi connectivity index (χ2n) is 6.02. The van der Waals surface area contributed by atoms with E-state index in [0.29, 0.717) is 11.4 Å². The van der Waals surface area contributed by atoms with Crippen LogP contribution in [0.5, 0.6) is 5.75 Å². The highest BCUT2D eigenvalue weighted by Crippen LogP contribution is 2.32. The van der Waals surface area contributed by atoms with E-state index >= 15 is 0 Å². The first-order chi connectivity index (χ1) is 10.4. The zero-order valence-corrected chi connectivity index (χ0v) is 12.6. The number of ether oxygens (including phenoxy) is 1. The summed E-state index contributed by atoms with van der Waals surface area (Å²) in [5.41, 5.74) is 6.34. The van der Waals surface area contributed by atoms with Crippen molar-refractivity contribution in [1.29, 1.82) is 0 Å². The van der Waals surface area contributed by atoms with Crippen molar-refractivity contribution in [2.45, 2.75) is 44.6 Å². The average Bonchev–Trinajstić information content (AvgIpc) is 2.46. The molecule has 0 aromatic heterocycles. The van der Waals surface area contributed by atoms with Crippen LogP contribution in [0.2, 0.25) is 0 Å². The molecule has 6 heteroatoms. The number of carbonyl (C=O) groups is 1. The maximum atomic E-state index is 12.4. The van der Waals surface area contributed by atoms with E-state index in [1.54, 1.807) is 24.3 Å². The zero-order chi connectivity index (χ0) is 16.2. The van der Waals surface area contributed by atoms with Gasteiger partial charge in [-0.15, -0.1) is 0 Å². The van der Waals surface area contributed by atoms with Crippen LogP contribution in [0.25, 0.3) is 0 Å². The second-order valence-corrected chi connectivity index (χ2v) is 6.02. The smallest absolute Gasteiger partial charge is 0.272 e. The van der Waals surface area contributed by atoms with E-state index in [0.717, 1.165) is 25.7 Å². The van der Waals surface area contributed by atoms with E-state index in [1.165, 1.54) is 0 Å². The van der Waals surface area contributed by atoms with Crippen LogP contribution in [0, 0.1) is 5.92 Å². The van der Waals surface area contributed by atoms with E-state index in [9.17, 15) is 13.6 Å². The lowest BCUT2D eigenvalue weighted by Gasteiger charge is -2.37. The lowest BCUT2D eigenvalue weighted by atomic mass is 9.74. The highest BCUT2D eigenvalue weighted by atomic mass is 19.3. The summed E-state index contributed by atoms with van der Waals surface area (Å²) in [6.07, 6.45) is 1.17. The number of benzene rings is 1. The van der Waals surface area contributed by atoms with Gasteiger partial charge in [0.05, 0.1) is 5.92 Å². The number of amides is 1. The van der Waals surface area contributed by atoms with Gasteiger partial charge >= 0.3 is 0 Å². The fourth-order valence-electron chi connectivity index (χ4n) is 2.81. The van der Waals surface area contributed by atoms with E-state index in [-0.39, 0.29) is 11.8 Å². The Hall–Kier alpha value is -1.69. The van der Waals surface area contributed by atoms with Crippen molar-refractivity contribution in [3.8, 4) is 5.75 Å². The monoisotopic (exact) mass is 312 g/mol. The Kier molecular flexibility index (Phi) is 5.34. The first-order valence-electron chi connectivity index (χ1n) is 7.49. The summed E-state index contributed by atoms with van der Waals surface area (Å²) in [6.45, 7) is 1.27. The van der Waals surface area contributed by atoms with Gasteiger partial charge in [-0.1, -0.05) is 12.8 Å². The third-order valence-corrected chi connectivity index (χ3v) is 4.07. The molecule has 2 rings (SSSR count). The number of nitrogens with one attached hydrogen (secondary N) is 1. The number of hydrogen-bond donors (Lipinski definition) is 2. The molecule has 1 amide bonds. The molecule has 0 heterocycles. The lowest BCUT2D eigenvalue weighted by Crippen LogP contribution is -2.51. The minimum Gasteiger partial charge on any atom is -0.488 e. The van der Waals surface area contributed by atoms with Crippen LogP contribution in [-0.2, 0) is 4.79 Å². The Labute approximate surface area is 129 Å². The van der Waals surface area contributed by atoms with Gasteiger partial charge in [0.25, 0.3) is 6.43 Å². The summed E-state index contributed by atoms with van der Waals surface area (Å²) in [6, 6.07) is 6.38. The van der Waals surface area contributed by atoms with Crippen LogP contribution in [0.15, 0.2) is 24.3 Å². The molecule has 1 aliphatic rings. The molecular weight excluding hydrogens is 290 g/mol. The highest BCUT2D eigenvalue weighted by Gasteiger charge is 2.37. The standard InChI is InChI=1S/C16H22F2N2O2/c1-16(19)9-3-2-4-13(16)15(21)20-11-5-7-12(8-6-11)22-10-14(17)18/h5-8,13-14H,2-4,9-10,19H2,1H3,(H,20,21). The topological polar surface area (TPSA) is 64.4 Å².